The van der Waals surface area contributed by atoms with Crippen LogP contribution in [0.1, 0.15) is 32.2 Å². The Morgan fingerprint density at radius 2 is 1.83 bits per heavy atom. The molecule has 2 N–H and O–H groups in total. The maximum atomic E-state index is 12.4. The van der Waals surface area contributed by atoms with Crippen molar-refractivity contribution in [3.63, 3.8) is 0 Å². The van der Waals surface area contributed by atoms with Gasteiger partial charge in [-0.15, -0.1) is 16.9 Å². The number of nitrogens with zero attached hydrogens (tertiary/aromatic N) is 2. The third-order valence-corrected chi connectivity index (χ3v) is 4.11. The van der Waals surface area contributed by atoms with Crippen molar-refractivity contribution in [2.45, 2.75) is 37.3 Å². The zero-order valence-corrected chi connectivity index (χ0v) is 14.2. The Hall–Kier alpha value is -2.03. The predicted molar refractivity (Wildman–Crippen MR) is 85.9 cm³/mol. The minimum absolute atomic E-state index is 0.0440. The molecule has 2 aromatic rings. The summed E-state index contributed by atoms with van der Waals surface area (Å²) in [6.45, 7) is 6.32. The van der Waals surface area contributed by atoms with Crippen LogP contribution in [-0.4, -0.2) is 26.8 Å². The van der Waals surface area contributed by atoms with E-state index < -0.39 is 23.9 Å². The fourth-order valence-electron chi connectivity index (χ4n) is 1.81. The predicted octanol–water partition coefficient (Wildman–Crippen LogP) is 3.85. The van der Waals surface area contributed by atoms with Gasteiger partial charge in [-0.3, -0.25) is 15.2 Å². The number of alkyl halides is 3. The van der Waals surface area contributed by atoms with Gasteiger partial charge >= 0.3 is 6.18 Å². The van der Waals surface area contributed by atoms with Gasteiger partial charge in [-0.1, -0.05) is 32.9 Å². The van der Waals surface area contributed by atoms with E-state index in [2.05, 4.69) is 36.2 Å². The van der Waals surface area contributed by atoms with Crippen molar-refractivity contribution in [2.24, 2.45) is 0 Å². The van der Waals surface area contributed by atoms with Crippen LogP contribution in [0.15, 0.2) is 29.2 Å². The van der Waals surface area contributed by atoms with Gasteiger partial charge in [0.2, 0.25) is 17.7 Å². The van der Waals surface area contributed by atoms with Gasteiger partial charge in [-0.25, -0.2) is 0 Å². The topological polar surface area (TPSA) is 70.7 Å². The van der Waals surface area contributed by atoms with Crippen molar-refractivity contribution < 1.29 is 18.0 Å². The van der Waals surface area contributed by atoms with E-state index in [1.807, 2.05) is 24.3 Å². The third-order valence-electron chi connectivity index (χ3n) is 3.10. The highest BCUT2D eigenvalue weighted by atomic mass is 32.2. The minimum atomic E-state index is -4.63. The van der Waals surface area contributed by atoms with E-state index in [1.165, 1.54) is 17.3 Å². The maximum absolute atomic E-state index is 12.4. The molecule has 0 saturated carbocycles. The third kappa shape index (κ3) is 4.98. The molecule has 0 aliphatic heterocycles. The number of hydrogen-bond acceptors (Lipinski definition) is 4. The molecule has 1 heterocycles. The second-order valence-electron chi connectivity index (χ2n) is 6.12. The summed E-state index contributed by atoms with van der Waals surface area (Å²) < 4.78 is 37.1. The van der Waals surface area contributed by atoms with E-state index in [0.29, 0.717) is 0 Å². The first kappa shape index (κ1) is 18.3. The number of carbonyl (C=O) groups excluding carboxylic acids is 1. The van der Waals surface area contributed by atoms with Crippen molar-refractivity contribution in [1.82, 2.24) is 15.2 Å². The lowest BCUT2D eigenvalue weighted by molar-refractivity contribution is -0.144. The summed E-state index contributed by atoms with van der Waals surface area (Å²) in [6.07, 6.45) is -4.63. The monoisotopic (exact) mass is 358 g/mol. The lowest BCUT2D eigenvalue weighted by Gasteiger charge is -2.19. The second-order valence-corrected chi connectivity index (χ2v) is 7.17. The molecule has 0 radical (unpaired) electrons. The number of anilines is 1. The number of thioether (sulfide) groups is 1. The number of hydrogen-bond donors (Lipinski definition) is 2. The highest BCUT2D eigenvalue weighted by Crippen LogP contribution is 2.27. The van der Waals surface area contributed by atoms with Crippen LogP contribution in [0.3, 0.4) is 0 Å². The number of benzene rings is 1. The zero-order valence-electron chi connectivity index (χ0n) is 13.4. The van der Waals surface area contributed by atoms with Crippen molar-refractivity contribution in [3.8, 4) is 0 Å². The molecule has 0 unspecified atom stereocenters. The van der Waals surface area contributed by atoms with Crippen LogP contribution in [0.2, 0.25) is 0 Å². The van der Waals surface area contributed by atoms with Crippen molar-refractivity contribution >= 4 is 23.6 Å². The first-order valence-corrected chi connectivity index (χ1v) is 8.07. The van der Waals surface area contributed by atoms with Gasteiger partial charge in [0, 0.05) is 4.90 Å². The van der Waals surface area contributed by atoms with Crippen molar-refractivity contribution in [2.75, 3.05) is 11.1 Å². The molecule has 5 nitrogen and oxygen atoms in total. The molecule has 1 aromatic heterocycles. The fraction of sp³-hybridized carbons (Fsp3) is 0.400. The normalized spacial score (nSPS) is 12.2. The van der Waals surface area contributed by atoms with E-state index in [9.17, 15) is 18.0 Å². The first-order chi connectivity index (χ1) is 11.1. The molecule has 0 bridgehead atoms. The molecule has 0 aliphatic carbocycles. The van der Waals surface area contributed by atoms with Crippen LogP contribution in [0.25, 0.3) is 0 Å². The molecule has 130 valence electrons. The Bertz CT molecular complexity index is 705. The van der Waals surface area contributed by atoms with Gasteiger partial charge in [-0.2, -0.15) is 18.2 Å². The summed E-state index contributed by atoms with van der Waals surface area (Å²) in [5.41, 5.74) is 1.22. The van der Waals surface area contributed by atoms with Crippen LogP contribution >= 0.6 is 11.8 Å². The summed E-state index contributed by atoms with van der Waals surface area (Å²) >= 11 is 1.28. The Balaban J connectivity index is 1.88. The Morgan fingerprint density at radius 3 is 2.33 bits per heavy atom. The highest BCUT2D eigenvalue weighted by Gasteiger charge is 2.35. The summed E-state index contributed by atoms with van der Waals surface area (Å²) in [7, 11) is 0. The van der Waals surface area contributed by atoms with E-state index >= 15 is 0 Å². The van der Waals surface area contributed by atoms with Crippen molar-refractivity contribution in [1.29, 1.82) is 0 Å². The van der Waals surface area contributed by atoms with E-state index in [0.717, 1.165) is 4.90 Å². The van der Waals surface area contributed by atoms with Crippen LogP contribution in [0, 0.1) is 0 Å². The second kappa shape index (κ2) is 6.84. The molecule has 9 heteroatoms. The lowest BCUT2D eigenvalue weighted by Crippen LogP contribution is -2.15. The van der Waals surface area contributed by atoms with Crippen molar-refractivity contribution in [3.05, 3.63) is 35.7 Å². The smallest absolute Gasteiger partial charge is 0.292 e. The number of halogens is 3. The largest absolute Gasteiger partial charge is 0.451 e. The van der Waals surface area contributed by atoms with Crippen LogP contribution in [0.5, 0.6) is 0 Å². The Labute approximate surface area is 141 Å². The SMILES string of the molecule is CC(C)(C)c1ccc(SCC(=O)Nc2n[nH]c(C(F)(F)F)n2)cc1. The van der Waals surface area contributed by atoms with Gasteiger partial charge in [0.25, 0.3) is 0 Å². The Morgan fingerprint density at radius 1 is 1.21 bits per heavy atom. The first-order valence-electron chi connectivity index (χ1n) is 7.08. The summed E-state index contributed by atoms with van der Waals surface area (Å²) in [6, 6.07) is 7.80. The van der Waals surface area contributed by atoms with Gasteiger partial charge in [0.1, 0.15) is 0 Å². The molecular formula is C15H17F3N4OS. The van der Waals surface area contributed by atoms with Gasteiger partial charge < -0.3 is 0 Å². The van der Waals surface area contributed by atoms with Gasteiger partial charge in [0.15, 0.2) is 0 Å². The molecule has 1 aromatic carbocycles. The number of H-pyrrole nitrogens is 1. The number of amides is 1. The van der Waals surface area contributed by atoms with E-state index in [4.69, 9.17) is 0 Å². The number of aromatic amines is 1. The standard InChI is InChI=1S/C15H17F3N4OS/c1-14(2,3)9-4-6-10(7-5-9)24-8-11(23)19-13-20-12(21-22-13)15(16,17)18/h4-7H,8H2,1-3H3,(H2,19,20,21,22,23). The average molecular weight is 358 g/mol. The lowest BCUT2D eigenvalue weighted by atomic mass is 9.87. The molecular weight excluding hydrogens is 341 g/mol. The molecule has 0 saturated heterocycles. The molecule has 0 fully saturated rings. The number of carbonyl (C=O) groups is 1. The fourth-order valence-corrected chi connectivity index (χ4v) is 2.50. The average Bonchev–Trinajstić information content (AvgIpc) is 2.93. The maximum Gasteiger partial charge on any atom is 0.451 e. The molecule has 0 aliphatic rings. The zero-order chi connectivity index (χ0) is 18.0. The molecule has 0 spiro atoms. The summed E-state index contributed by atoms with van der Waals surface area (Å²) in [5, 5.41) is 7.28. The molecule has 2 rings (SSSR count). The quantitative estimate of drug-likeness (QED) is 0.815. The highest BCUT2D eigenvalue weighted by molar-refractivity contribution is 8.00. The Kier molecular flexibility index (Phi) is 5.22. The van der Waals surface area contributed by atoms with E-state index in [1.54, 1.807) is 5.10 Å². The van der Waals surface area contributed by atoms with Gasteiger partial charge in [-0.05, 0) is 23.1 Å². The van der Waals surface area contributed by atoms with Crippen LogP contribution < -0.4 is 5.32 Å². The van der Waals surface area contributed by atoms with Crippen LogP contribution in [0.4, 0.5) is 19.1 Å². The summed E-state index contributed by atoms with van der Waals surface area (Å²) in [4.78, 5) is 15.8. The van der Waals surface area contributed by atoms with E-state index in [-0.39, 0.29) is 11.2 Å². The number of aromatic nitrogens is 3. The molecule has 1 amide bonds. The van der Waals surface area contributed by atoms with Gasteiger partial charge in [0.05, 0.1) is 5.75 Å². The minimum Gasteiger partial charge on any atom is -0.292 e. The van der Waals surface area contributed by atoms with Crippen LogP contribution in [-0.2, 0) is 16.4 Å². The molecule has 0 atom stereocenters. The summed E-state index contributed by atoms with van der Waals surface area (Å²) in [5.74, 6) is -2.07. The number of nitrogens with one attached hydrogen (secondary N) is 2. The molecule has 24 heavy (non-hydrogen) atoms. The number of rotatable bonds is 4.